The van der Waals surface area contributed by atoms with Gasteiger partial charge in [-0.25, -0.2) is 0 Å². The molecule has 0 spiro atoms. The Morgan fingerprint density at radius 2 is 2.11 bits per heavy atom. The lowest BCUT2D eigenvalue weighted by Gasteiger charge is -2.44. The molecule has 1 heterocycles. The van der Waals surface area contributed by atoms with Crippen LogP contribution in [0.15, 0.2) is 28.7 Å². The van der Waals surface area contributed by atoms with E-state index in [2.05, 4.69) is 64.0 Å². The normalized spacial score (nSPS) is 24.9. The second-order valence-corrected chi connectivity index (χ2v) is 5.74. The molecule has 0 radical (unpaired) electrons. The van der Waals surface area contributed by atoms with Gasteiger partial charge in [-0.15, -0.1) is 0 Å². The molecule has 0 aromatic heterocycles. The van der Waals surface area contributed by atoms with Gasteiger partial charge >= 0.3 is 0 Å². The second-order valence-electron chi connectivity index (χ2n) is 4.89. The zero-order chi connectivity index (χ0) is 13.1. The number of likely N-dealkylation sites (N-methyl/N-ethyl adjacent to an activating group) is 1. The molecule has 0 bridgehead atoms. The van der Waals surface area contributed by atoms with Crippen LogP contribution in [0.5, 0.6) is 0 Å². The predicted molar refractivity (Wildman–Crippen MR) is 77.6 cm³/mol. The van der Waals surface area contributed by atoms with Crippen molar-refractivity contribution >= 4 is 21.6 Å². The zero-order valence-corrected chi connectivity index (χ0v) is 12.4. The number of nitrogens with zero attached hydrogens (tertiary/aromatic N) is 3. The van der Waals surface area contributed by atoms with E-state index in [-0.39, 0.29) is 0 Å². The third kappa shape index (κ3) is 2.68. The minimum absolute atomic E-state index is 0.311. The summed E-state index contributed by atoms with van der Waals surface area (Å²) in [4.78, 5) is 4.69. The summed E-state index contributed by atoms with van der Waals surface area (Å²) in [7, 11) is 2.12. The monoisotopic (exact) mass is 307 g/mol. The Morgan fingerprint density at radius 3 is 2.78 bits per heavy atom. The summed E-state index contributed by atoms with van der Waals surface area (Å²) in [6.07, 6.45) is 0.585. The molecule has 0 N–H and O–H groups in total. The molecule has 3 nitrogen and oxygen atoms in total. The maximum atomic E-state index is 8.93. The molecule has 0 aliphatic carbocycles. The molecule has 0 saturated carbocycles. The van der Waals surface area contributed by atoms with E-state index in [1.165, 1.54) is 5.69 Å². The lowest BCUT2D eigenvalue weighted by atomic mass is 10.0. The highest BCUT2D eigenvalue weighted by Crippen LogP contribution is 2.29. The van der Waals surface area contributed by atoms with Gasteiger partial charge in [0, 0.05) is 29.6 Å². The van der Waals surface area contributed by atoms with Gasteiger partial charge in [-0.3, -0.25) is 4.90 Å². The van der Waals surface area contributed by atoms with Crippen molar-refractivity contribution in [3.05, 3.63) is 28.7 Å². The fourth-order valence-corrected chi connectivity index (χ4v) is 3.02. The highest BCUT2D eigenvalue weighted by Gasteiger charge is 2.29. The van der Waals surface area contributed by atoms with Crippen LogP contribution >= 0.6 is 15.9 Å². The number of hydrogen-bond acceptors (Lipinski definition) is 3. The number of piperazine rings is 1. The van der Waals surface area contributed by atoms with Crippen LogP contribution in [0.25, 0.3) is 0 Å². The van der Waals surface area contributed by atoms with Gasteiger partial charge in [-0.1, -0.05) is 12.1 Å². The molecule has 0 amide bonds. The van der Waals surface area contributed by atoms with Crippen molar-refractivity contribution in [1.29, 1.82) is 5.26 Å². The first-order chi connectivity index (χ1) is 8.63. The highest BCUT2D eigenvalue weighted by molar-refractivity contribution is 9.10. The van der Waals surface area contributed by atoms with Gasteiger partial charge in [-0.2, -0.15) is 5.26 Å². The minimum atomic E-state index is 0.311. The molecule has 1 fully saturated rings. The van der Waals surface area contributed by atoms with Crippen LogP contribution in [0.1, 0.15) is 13.3 Å². The zero-order valence-electron chi connectivity index (χ0n) is 10.8. The summed E-state index contributed by atoms with van der Waals surface area (Å²) < 4.78 is 1.12. The summed E-state index contributed by atoms with van der Waals surface area (Å²) in [5, 5.41) is 8.93. The third-order valence-electron chi connectivity index (χ3n) is 3.71. The molecule has 2 unspecified atom stereocenters. The Balaban J connectivity index is 2.20. The quantitative estimate of drug-likeness (QED) is 0.841. The number of benzene rings is 1. The van der Waals surface area contributed by atoms with Gasteiger partial charge < -0.3 is 4.90 Å². The first kappa shape index (κ1) is 13.4. The summed E-state index contributed by atoms with van der Waals surface area (Å²) >= 11 is 3.61. The largest absolute Gasteiger partial charge is 0.367 e. The molecule has 1 aliphatic heterocycles. The van der Waals surface area contributed by atoms with Crippen LogP contribution in [0, 0.1) is 11.3 Å². The van der Waals surface area contributed by atoms with Crippen molar-refractivity contribution in [2.24, 2.45) is 0 Å². The number of anilines is 1. The molecule has 4 heteroatoms. The van der Waals surface area contributed by atoms with E-state index < -0.39 is 0 Å². The fraction of sp³-hybridized carbons (Fsp3) is 0.500. The average molecular weight is 308 g/mol. The van der Waals surface area contributed by atoms with Gasteiger partial charge in [-0.05, 0) is 42.0 Å². The number of rotatable bonds is 2. The number of para-hydroxylation sites is 1. The Labute approximate surface area is 117 Å². The smallest absolute Gasteiger partial charge is 0.0638 e. The van der Waals surface area contributed by atoms with Gasteiger partial charge in [0.15, 0.2) is 0 Å². The lowest BCUT2D eigenvalue weighted by molar-refractivity contribution is 0.160. The number of nitriles is 1. The van der Waals surface area contributed by atoms with Crippen LogP contribution in [0.3, 0.4) is 0 Å². The molecule has 2 rings (SSSR count). The molecular weight excluding hydrogens is 290 g/mol. The molecule has 18 heavy (non-hydrogen) atoms. The van der Waals surface area contributed by atoms with Crippen molar-refractivity contribution in [2.75, 3.05) is 25.0 Å². The third-order valence-corrected chi connectivity index (χ3v) is 4.38. The van der Waals surface area contributed by atoms with Crippen molar-refractivity contribution < 1.29 is 0 Å². The van der Waals surface area contributed by atoms with Gasteiger partial charge in [0.05, 0.1) is 18.2 Å². The highest BCUT2D eigenvalue weighted by atomic mass is 79.9. The summed E-state index contributed by atoms with van der Waals surface area (Å²) in [6, 6.07) is 11.4. The summed E-state index contributed by atoms with van der Waals surface area (Å²) in [5.41, 5.74) is 1.22. The second kappa shape index (κ2) is 5.73. The van der Waals surface area contributed by atoms with E-state index in [0.29, 0.717) is 18.5 Å². The van der Waals surface area contributed by atoms with Gasteiger partial charge in [0.2, 0.25) is 0 Å². The summed E-state index contributed by atoms with van der Waals surface area (Å²) in [6.45, 7) is 4.13. The number of halogens is 1. The van der Waals surface area contributed by atoms with Crippen molar-refractivity contribution in [2.45, 2.75) is 25.4 Å². The van der Waals surface area contributed by atoms with E-state index in [4.69, 9.17) is 5.26 Å². The molecule has 1 aromatic rings. The number of hydrogen-bond donors (Lipinski definition) is 0. The first-order valence-electron chi connectivity index (χ1n) is 6.22. The van der Waals surface area contributed by atoms with Crippen molar-refractivity contribution in [3.63, 3.8) is 0 Å². The van der Waals surface area contributed by atoms with Gasteiger partial charge in [0.1, 0.15) is 0 Å². The van der Waals surface area contributed by atoms with E-state index in [9.17, 15) is 0 Å². The van der Waals surface area contributed by atoms with E-state index in [1.54, 1.807) is 0 Å². The van der Waals surface area contributed by atoms with Crippen LogP contribution in [-0.4, -0.2) is 37.1 Å². The lowest BCUT2D eigenvalue weighted by Crippen LogP contribution is -2.56. The Hall–Kier alpha value is -1.05. The molecular formula is C14H18BrN3. The van der Waals surface area contributed by atoms with Crippen LogP contribution in [0.2, 0.25) is 0 Å². The van der Waals surface area contributed by atoms with Crippen molar-refractivity contribution in [3.8, 4) is 6.07 Å². The van der Waals surface area contributed by atoms with E-state index in [0.717, 1.165) is 17.6 Å². The van der Waals surface area contributed by atoms with Crippen molar-refractivity contribution in [1.82, 2.24) is 4.90 Å². The Bertz CT molecular complexity index is 455. The molecule has 1 aromatic carbocycles. The first-order valence-corrected chi connectivity index (χ1v) is 7.01. The SMILES string of the molecule is CC1CN(c2ccccc2Br)CC(CC#N)N1C. The van der Waals surface area contributed by atoms with Crippen LogP contribution < -0.4 is 4.90 Å². The van der Waals surface area contributed by atoms with E-state index >= 15 is 0 Å². The molecule has 1 aliphatic rings. The average Bonchev–Trinajstić information content (AvgIpc) is 2.35. The maximum absolute atomic E-state index is 8.93. The predicted octanol–water partition coefficient (Wildman–Crippen LogP) is 2.87. The maximum Gasteiger partial charge on any atom is 0.0638 e. The summed E-state index contributed by atoms with van der Waals surface area (Å²) in [5.74, 6) is 0. The standard InChI is InChI=1S/C14H18BrN3/c1-11-9-18(10-12(7-8-16)17(11)2)14-6-4-3-5-13(14)15/h3-6,11-12H,7,9-10H2,1-2H3. The fourth-order valence-electron chi connectivity index (χ4n) is 2.48. The van der Waals surface area contributed by atoms with Crippen LogP contribution in [0.4, 0.5) is 5.69 Å². The molecule has 2 atom stereocenters. The Kier molecular flexibility index (Phi) is 4.26. The van der Waals surface area contributed by atoms with Gasteiger partial charge in [0.25, 0.3) is 0 Å². The molecule has 96 valence electrons. The minimum Gasteiger partial charge on any atom is -0.367 e. The van der Waals surface area contributed by atoms with E-state index in [1.807, 2.05) is 6.07 Å². The van der Waals surface area contributed by atoms with Crippen LogP contribution in [-0.2, 0) is 0 Å². The molecule has 1 saturated heterocycles. The topological polar surface area (TPSA) is 30.3 Å². The Morgan fingerprint density at radius 1 is 1.39 bits per heavy atom.